The largest absolute Gasteiger partial charge is 0.489 e. The number of pyridine rings is 1. The highest BCUT2D eigenvalue weighted by Gasteiger charge is 2.13. The van der Waals surface area contributed by atoms with Crippen LogP contribution in [0.25, 0.3) is 16.9 Å². The molecule has 4 aromatic rings. The summed E-state index contributed by atoms with van der Waals surface area (Å²) in [6, 6.07) is 21.0. The van der Waals surface area contributed by atoms with E-state index in [4.69, 9.17) is 4.74 Å². The molecule has 0 aliphatic carbocycles. The van der Waals surface area contributed by atoms with Gasteiger partial charge in [-0.3, -0.25) is 4.40 Å². The van der Waals surface area contributed by atoms with Crippen molar-refractivity contribution in [1.29, 1.82) is 0 Å². The first kappa shape index (κ1) is 18.3. The van der Waals surface area contributed by atoms with Crippen LogP contribution in [0.4, 0.5) is 0 Å². The molecule has 4 rings (SSSR count). The van der Waals surface area contributed by atoms with Gasteiger partial charge in [-0.15, -0.1) is 0 Å². The van der Waals surface area contributed by atoms with E-state index in [0.29, 0.717) is 6.61 Å². The van der Waals surface area contributed by atoms with Crippen LogP contribution in [-0.4, -0.2) is 9.38 Å². The van der Waals surface area contributed by atoms with Gasteiger partial charge in [0.15, 0.2) is 0 Å². The molecule has 0 saturated heterocycles. The molecular formula is C25H26N2O. The number of imidazole rings is 1. The van der Waals surface area contributed by atoms with Crippen LogP contribution in [0, 0.1) is 6.92 Å². The van der Waals surface area contributed by atoms with Crippen LogP contribution in [0.2, 0.25) is 0 Å². The molecule has 142 valence electrons. The van der Waals surface area contributed by atoms with Crippen molar-refractivity contribution in [3.05, 3.63) is 89.7 Å². The zero-order valence-electron chi connectivity index (χ0n) is 16.9. The second-order valence-corrected chi connectivity index (χ2v) is 8.29. The molecule has 0 atom stereocenters. The lowest BCUT2D eigenvalue weighted by molar-refractivity contribution is 0.304. The molecule has 0 amide bonds. The molecule has 28 heavy (non-hydrogen) atoms. The van der Waals surface area contributed by atoms with E-state index in [1.807, 2.05) is 30.6 Å². The van der Waals surface area contributed by atoms with Crippen LogP contribution < -0.4 is 4.74 Å². The van der Waals surface area contributed by atoms with Crippen LogP contribution in [-0.2, 0) is 12.0 Å². The van der Waals surface area contributed by atoms with Gasteiger partial charge in [-0.05, 0) is 59.4 Å². The summed E-state index contributed by atoms with van der Waals surface area (Å²) in [5, 5.41) is 0. The summed E-state index contributed by atoms with van der Waals surface area (Å²) in [6.45, 7) is 9.35. The molecule has 3 nitrogen and oxygen atoms in total. The van der Waals surface area contributed by atoms with E-state index in [9.17, 15) is 0 Å². The second kappa shape index (κ2) is 7.16. The van der Waals surface area contributed by atoms with Crippen LogP contribution in [0.15, 0.2) is 73.1 Å². The maximum atomic E-state index is 6.09. The Morgan fingerprint density at radius 2 is 1.75 bits per heavy atom. The predicted molar refractivity (Wildman–Crippen MR) is 115 cm³/mol. The highest BCUT2D eigenvalue weighted by Crippen LogP contribution is 2.28. The van der Waals surface area contributed by atoms with E-state index in [1.165, 1.54) is 11.1 Å². The first-order valence-corrected chi connectivity index (χ1v) is 9.67. The number of nitrogens with zero attached hydrogens (tertiary/aromatic N) is 2. The van der Waals surface area contributed by atoms with Gasteiger partial charge in [-0.25, -0.2) is 4.98 Å². The number of fused-ring (bicyclic) bond motifs is 1. The van der Waals surface area contributed by atoms with Crippen molar-refractivity contribution in [3.8, 4) is 17.0 Å². The SMILES string of the molecule is Cc1cc(-c2cnc3ccccn23)ccc1OCc1ccc(C(C)(C)C)cc1. The lowest BCUT2D eigenvalue weighted by atomic mass is 9.87. The fourth-order valence-corrected chi connectivity index (χ4v) is 3.38. The lowest BCUT2D eigenvalue weighted by Gasteiger charge is -2.19. The van der Waals surface area contributed by atoms with Gasteiger partial charge < -0.3 is 4.74 Å². The summed E-state index contributed by atoms with van der Waals surface area (Å²) in [5.41, 5.74) is 6.98. The van der Waals surface area contributed by atoms with Crippen molar-refractivity contribution in [2.45, 2.75) is 39.7 Å². The number of benzene rings is 2. The van der Waals surface area contributed by atoms with Crippen molar-refractivity contribution in [2.24, 2.45) is 0 Å². The van der Waals surface area contributed by atoms with Gasteiger partial charge in [-0.2, -0.15) is 0 Å². The number of hydrogen-bond donors (Lipinski definition) is 0. The monoisotopic (exact) mass is 370 g/mol. The summed E-state index contributed by atoms with van der Waals surface area (Å²) < 4.78 is 8.19. The van der Waals surface area contributed by atoms with Crippen molar-refractivity contribution < 1.29 is 4.74 Å². The normalized spacial score (nSPS) is 11.7. The lowest BCUT2D eigenvalue weighted by Crippen LogP contribution is -2.10. The minimum absolute atomic E-state index is 0.170. The van der Waals surface area contributed by atoms with Gasteiger partial charge in [0.2, 0.25) is 0 Å². The maximum Gasteiger partial charge on any atom is 0.137 e. The first-order valence-electron chi connectivity index (χ1n) is 9.67. The van der Waals surface area contributed by atoms with E-state index in [0.717, 1.165) is 28.2 Å². The molecule has 0 bridgehead atoms. The molecular weight excluding hydrogens is 344 g/mol. The zero-order valence-corrected chi connectivity index (χ0v) is 16.9. The van der Waals surface area contributed by atoms with E-state index in [1.54, 1.807) is 0 Å². The minimum atomic E-state index is 0.170. The molecule has 0 unspecified atom stereocenters. The third-order valence-corrected chi connectivity index (χ3v) is 5.10. The van der Waals surface area contributed by atoms with E-state index in [-0.39, 0.29) is 5.41 Å². The third kappa shape index (κ3) is 3.65. The van der Waals surface area contributed by atoms with Gasteiger partial charge in [0, 0.05) is 11.8 Å². The number of hydrogen-bond acceptors (Lipinski definition) is 2. The van der Waals surface area contributed by atoms with Crippen molar-refractivity contribution >= 4 is 5.65 Å². The quantitative estimate of drug-likeness (QED) is 0.428. The average molecular weight is 370 g/mol. The molecule has 3 heteroatoms. The Bertz CT molecular complexity index is 1100. The summed E-state index contributed by atoms with van der Waals surface area (Å²) in [7, 11) is 0. The highest BCUT2D eigenvalue weighted by molar-refractivity contribution is 5.65. The fourth-order valence-electron chi connectivity index (χ4n) is 3.38. The zero-order chi connectivity index (χ0) is 19.7. The Balaban J connectivity index is 1.51. The molecule has 0 aliphatic heterocycles. The Labute approximate surface area is 166 Å². The number of ether oxygens (including phenoxy) is 1. The summed E-state index contributed by atoms with van der Waals surface area (Å²) in [6.07, 6.45) is 3.96. The van der Waals surface area contributed by atoms with Gasteiger partial charge in [-0.1, -0.05) is 51.1 Å². The predicted octanol–water partition coefficient (Wildman–Crippen LogP) is 6.19. The van der Waals surface area contributed by atoms with Crippen LogP contribution >= 0.6 is 0 Å². The van der Waals surface area contributed by atoms with E-state index in [2.05, 4.69) is 79.5 Å². The summed E-state index contributed by atoms with van der Waals surface area (Å²) in [5.74, 6) is 0.914. The molecule has 0 N–H and O–H groups in total. The van der Waals surface area contributed by atoms with Crippen molar-refractivity contribution in [3.63, 3.8) is 0 Å². The molecule has 0 radical (unpaired) electrons. The molecule has 0 spiro atoms. The Kier molecular flexibility index (Phi) is 4.68. The maximum absolute atomic E-state index is 6.09. The third-order valence-electron chi connectivity index (χ3n) is 5.10. The number of rotatable bonds is 4. The first-order chi connectivity index (χ1) is 13.4. The van der Waals surface area contributed by atoms with Crippen molar-refractivity contribution in [2.75, 3.05) is 0 Å². The number of aryl methyl sites for hydroxylation is 1. The molecule has 0 aliphatic rings. The molecule has 2 heterocycles. The highest BCUT2D eigenvalue weighted by atomic mass is 16.5. The fraction of sp³-hybridized carbons (Fsp3) is 0.240. The molecule has 0 saturated carbocycles. The van der Waals surface area contributed by atoms with E-state index >= 15 is 0 Å². The molecule has 0 fully saturated rings. The Morgan fingerprint density at radius 1 is 0.964 bits per heavy atom. The van der Waals surface area contributed by atoms with Gasteiger partial charge in [0.05, 0.1) is 11.9 Å². The minimum Gasteiger partial charge on any atom is -0.489 e. The smallest absolute Gasteiger partial charge is 0.137 e. The van der Waals surface area contributed by atoms with Gasteiger partial charge >= 0.3 is 0 Å². The number of aromatic nitrogens is 2. The second-order valence-electron chi connectivity index (χ2n) is 8.29. The topological polar surface area (TPSA) is 26.5 Å². The standard InChI is InChI=1S/C25H26N2O/c1-18-15-20(22-16-26-24-7-5-6-14-27(22)24)10-13-23(18)28-17-19-8-11-21(12-9-19)25(2,3)4/h5-16H,17H2,1-4H3. The summed E-state index contributed by atoms with van der Waals surface area (Å²) >= 11 is 0. The van der Waals surface area contributed by atoms with Crippen LogP contribution in [0.3, 0.4) is 0 Å². The van der Waals surface area contributed by atoms with Gasteiger partial charge in [0.25, 0.3) is 0 Å². The Hall–Kier alpha value is -3.07. The van der Waals surface area contributed by atoms with Crippen LogP contribution in [0.1, 0.15) is 37.5 Å². The Morgan fingerprint density at radius 3 is 2.46 bits per heavy atom. The van der Waals surface area contributed by atoms with Gasteiger partial charge in [0.1, 0.15) is 18.0 Å². The molecule has 2 aromatic carbocycles. The summed E-state index contributed by atoms with van der Waals surface area (Å²) in [4.78, 5) is 4.48. The van der Waals surface area contributed by atoms with E-state index < -0.39 is 0 Å². The van der Waals surface area contributed by atoms with Crippen LogP contribution in [0.5, 0.6) is 5.75 Å². The molecule has 2 aromatic heterocycles. The average Bonchev–Trinajstić information content (AvgIpc) is 3.11. The van der Waals surface area contributed by atoms with Crippen molar-refractivity contribution in [1.82, 2.24) is 9.38 Å².